The second kappa shape index (κ2) is 3.89. The maximum atomic E-state index is 11.0. The van der Waals surface area contributed by atoms with Gasteiger partial charge in [-0.25, -0.2) is 4.98 Å². The Hall–Kier alpha value is -1.20. The fourth-order valence-corrected chi connectivity index (χ4v) is 1.49. The number of rotatable bonds is 2. The second-order valence-corrected chi connectivity index (χ2v) is 3.19. The third-order valence-electron chi connectivity index (χ3n) is 1.47. The molecule has 0 bridgehead atoms. The molecule has 0 spiro atoms. The highest BCUT2D eigenvalue weighted by molar-refractivity contribution is 6.35. The standard InChI is InChI=1S/C7H4Cl2N2O3/c1-3(12)6-4(11(13)14)2-5(8)10-7(6)9/h2H,1H3. The molecule has 0 saturated carbocycles. The average molecular weight is 235 g/mol. The van der Waals surface area contributed by atoms with Crippen LogP contribution in [0.15, 0.2) is 6.07 Å². The first-order valence-corrected chi connectivity index (χ1v) is 4.20. The van der Waals surface area contributed by atoms with Crippen molar-refractivity contribution >= 4 is 34.7 Å². The summed E-state index contributed by atoms with van der Waals surface area (Å²) in [5.41, 5.74) is -0.649. The van der Waals surface area contributed by atoms with Crippen LogP contribution in [-0.4, -0.2) is 15.7 Å². The summed E-state index contributed by atoms with van der Waals surface area (Å²) in [5.74, 6) is -0.522. The van der Waals surface area contributed by atoms with Gasteiger partial charge in [-0.05, 0) is 6.92 Å². The maximum Gasteiger partial charge on any atom is 0.286 e. The number of nitro groups is 1. The first-order chi connectivity index (χ1) is 6.43. The zero-order chi connectivity index (χ0) is 10.9. The Labute approximate surface area is 88.8 Å². The van der Waals surface area contributed by atoms with Gasteiger partial charge in [-0.15, -0.1) is 0 Å². The SMILES string of the molecule is CC(=O)c1c([N+](=O)[O-])cc(Cl)nc1Cl. The molecule has 7 heteroatoms. The summed E-state index contributed by atoms with van der Waals surface area (Å²) in [6, 6.07) is 0.990. The van der Waals surface area contributed by atoms with E-state index in [0.29, 0.717) is 0 Å². The minimum Gasteiger partial charge on any atom is -0.294 e. The van der Waals surface area contributed by atoms with Crippen molar-refractivity contribution in [1.29, 1.82) is 0 Å². The van der Waals surface area contributed by atoms with Crippen LogP contribution in [0.4, 0.5) is 5.69 Å². The van der Waals surface area contributed by atoms with Crippen LogP contribution in [0.3, 0.4) is 0 Å². The monoisotopic (exact) mass is 234 g/mol. The zero-order valence-electron chi connectivity index (χ0n) is 6.95. The summed E-state index contributed by atoms with van der Waals surface area (Å²) in [7, 11) is 0. The Bertz CT molecular complexity index is 420. The Kier molecular flexibility index (Phi) is 3.03. The predicted molar refractivity (Wildman–Crippen MR) is 50.9 cm³/mol. The van der Waals surface area contributed by atoms with Crippen molar-refractivity contribution in [2.45, 2.75) is 6.92 Å². The number of carbonyl (C=O) groups excluding carboxylic acids is 1. The molecule has 14 heavy (non-hydrogen) atoms. The lowest BCUT2D eigenvalue weighted by Gasteiger charge is -2.00. The van der Waals surface area contributed by atoms with Crippen molar-refractivity contribution in [3.8, 4) is 0 Å². The van der Waals surface area contributed by atoms with E-state index in [-0.39, 0.29) is 15.9 Å². The number of pyridine rings is 1. The second-order valence-electron chi connectivity index (χ2n) is 2.44. The van der Waals surface area contributed by atoms with E-state index in [1.807, 2.05) is 0 Å². The highest BCUT2D eigenvalue weighted by Crippen LogP contribution is 2.27. The van der Waals surface area contributed by atoms with Crippen molar-refractivity contribution < 1.29 is 9.72 Å². The van der Waals surface area contributed by atoms with Crippen LogP contribution in [0.2, 0.25) is 10.3 Å². The molecule has 1 aromatic heterocycles. The Morgan fingerprint density at radius 3 is 2.57 bits per heavy atom. The van der Waals surface area contributed by atoms with Gasteiger partial charge in [0, 0.05) is 0 Å². The van der Waals surface area contributed by atoms with Crippen molar-refractivity contribution in [1.82, 2.24) is 4.98 Å². The third-order valence-corrected chi connectivity index (χ3v) is 1.94. The number of carbonyl (C=O) groups is 1. The van der Waals surface area contributed by atoms with Crippen LogP contribution >= 0.6 is 23.2 Å². The number of hydrogen-bond acceptors (Lipinski definition) is 4. The topological polar surface area (TPSA) is 73.1 Å². The molecular weight excluding hydrogens is 231 g/mol. The molecule has 0 atom stereocenters. The van der Waals surface area contributed by atoms with Crippen LogP contribution in [0, 0.1) is 10.1 Å². The minimum atomic E-state index is -0.726. The van der Waals surface area contributed by atoms with E-state index >= 15 is 0 Å². The first kappa shape index (κ1) is 10.9. The summed E-state index contributed by atoms with van der Waals surface area (Å²) >= 11 is 11.0. The Balaban J connectivity index is 3.52. The number of aromatic nitrogens is 1. The lowest BCUT2D eigenvalue weighted by molar-refractivity contribution is -0.385. The molecule has 0 saturated heterocycles. The summed E-state index contributed by atoms with van der Waals surface area (Å²) in [4.78, 5) is 24.4. The van der Waals surface area contributed by atoms with Crippen molar-refractivity contribution in [2.75, 3.05) is 0 Å². The molecule has 1 heterocycles. The van der Waals surface area contributed by atoms with E-state index < -0.39 is 16.4 Å². The van der Waals surface area contributed by atoms with Crippen LogP contribution in [-0.2, 0) is 0 Å². The lowest BCUT2D eigenvalue weighted by atomic mass is 10.2. The van der Waals surface area contributed by atoms with Crippen LogP contribution in [0.1, 0.15) is 17.3 Å². The van der Waals surface area contributed by atoms with Gasteiger partial charge in [-0.2, -0.15) is 0 Å². The summed E-state index contributed by atoms with van der Waals surface area (Å²) in [5, 5.41) is 10.2. The number of nitrogens with zero attached hydrogens (tertiary/aromatic N) is 2. The smallest absolute Gasteiger partial charge is 0.286 e. The van der Waals surface area contributed by atoms with Gasteiger partial charge >= 0.3 is 0 Å². The van der Waals surface area contributed by atoms with Gasteiger partial charge in [0.25, 0.3) is 5.69 Å². The molecule has 0 aliphatic heterocycles. The van der Waals surface area contributed by atoms with Gasteiger partial charge in [0.15, 0.2) is 5.78 Å². The molecule has 74 valence electrons. The van der Waals surface area contributed by atoms with Crippen molar-refractivity contribution in [2.24, 2.45) is 0 Å². The molecule has 0 aromatic carbocycles. The van der Waals surface area contributed by atoms with Gasteiger partial charge in [-0.3, -0.25) is 14.9 Å². The van der Waals surface area contributed by atoms with E-state index in [4.69, 9.17) is 23.2 Å². The first-order valence-electron chi connectivity index (χ1n) is 3.45. The zero-order valence-corrected chi connectivity index (χ0v) is 8.46. The van der Waals surface area contributed by atoms with Gasteiger partial charge in [-0.1, -0.05) is 23.2 Å². The van der Waals surface area contributed by atoms with Crippen molar-refractivity contribution in [3.05, 3.63) is 32.1 Å². The van der Waals surface area contributed by atoms with Crippen LogP contribution in [0.25, 0.3) is 0 Å². The van der Waals surface area contributed by atoms with Gasteiger partial charge in [0.1, 0.15) is 15.9 Å². The molecular formula is C7H4Cl2N2O3. The summed E-state index contributed by atoms with van der Waals surface area (Å²) in [6.45, 7) is 1.17. The summed E-state index contributed by atoms with van der Waals surface area (Å²) < 4.78 is 0. The van der Waals surface area contributed by atoms with Gasteiger partial charge < -0.3 is 0 Å². The lowest BCUT2D eigenvalue weighted by Crippen LogP contribution is -2.02. The number of ketones is 1. The molecule has 0 N–H and O–H groups in total. The fourth-order valence-electron chi connectivity index (χ4n) is 0.942. The highest BCUT2D eigenvalue weighted by atomic mass is 35.5. The molecule has 0 aliphatic carbocycles. The van der Waals surface area contributed by atoms with Gasteiger partial charge in [0.2, 0.25) is 0 Å². The molecule has 5 nitrogen and oxygen atoms in total. The van der Waals surface area contributed by atoms with Crippen LogP contribution in [0.5, 0.6) is 0 Å². The van der Waals surface area contributed by atoms with E-state index in [0.717, 1.165) is 6.07 Å². The summed E-state index contributed by atoms with van der Waals surface area (Å²) in [6.07, 6.45) is 0. The number of Topliss-reactive ketones (excluding diaryl/α,β-unsaturated/α-hetero) is 1. The Morgan fingerprint density at radius 2 is 2.14 bits per heavy atom. The van der Waals surface area contributed by atoms with E-state index in [1.54, 1.807) is 0 Å². The Morgan fingerprint density at radius 1 is 1.57 bits per heavy atom. The molecule has 1 aromatic rings. The van der Waals surface area contributed by atoms with Gasteiger partial charge in [0.05, 0.1) is 11.0 Å². The van der Waals surface area contributed by atoms with E-state index in [9.17, 15) is 14.9 Å². The molecule has 1 rings (SSSR count). The fraction of sp³-hybridized carbons (Fsp3) is 0.143. The molecule has 0 aliphatic rings. The normalized spacial score (nSPS) is 9.93. The minimum absolute atomic E-state index is 0.119. The molecule has 0 unspecified atom stereocenters. The number of halogens is 2. The highest BCUT2D eigenvalue weighted by Gasteiger charge is 2.22. The molecule has 0 radical (unpaired) electrons. The quantitative estimate of drug-likeness (QED) is 0.341. The van der Waals surface area contributed by atoms with E-state index in [2.05, 4.69) is 4.98 Å². The van der Waals surface area contributed by atoms with E-state index in [1.165, 1.54) is 6.92 Å². The third kappa shape index (κ3) is 2.00. The molecule has 0 amide bonds. The average Bonchev–Trinajstić information content (AvgIpc) is 2.01. The largest absolute Gasteiger partial charge is 0.294 e. The van der Waals surface area contributed by atoms with Crippen molar-refractivity contribution in [3.63, 3.8) is 0 Å². The predicted octanol–water partition coefficient (Wildman–Crippen LogP) is 2.50. The maximum absolute atomic E-state index is 11.0. The van der Waals surface area contributed by atoms with Crippen LogP contribution < -0.4 is 0 Å². The molecule has 0 fully saturated rings. The number of hydrogen-bond donors (Lipinski definition) is 0.